The molecule has 0 radical (unpaired) electrons. The van der Waals surface area contributed by atoms with Crippen LogP contribution in [-0.2, 0) is 0 Å². The van der Waals surface area contributed by atoms with Crippen molar-refractivity contribution in [1.82, 2.24) is 24.7 Å². The summed E-state index contributed by atoms with van der Waals surface area (Å²) < 4.78 is 2.06. The van der Waals surface area contributed by atoms with Gasteiger partial charge in [0, 0.05) is 23.3 Å². The molecule has 0 aromatic carbocycles. The van der Waals surface area contributed by atoms with Crippen LogP contribution in [0.25, 0.3) is 22.3 Å². The second-order valence-electron chi connectivity index (χ2n) is 5.87. The van der Waals surface area contributed by atoms with Crippen molar-refractivity contribution in [2.45, 2.75) is 46.1 Å². The van der Waals surface area contributed by atoms with E-state index in [1.54, 1.807) is 6.33 Å². The zero-order chi connectivity index (χ0) is 16.2. The largest absolute Gasteiger partial charge is 0.346 e. The number of aromatic nitrogens is 5. The highest BCUT2D eigenvalue weighted by atomic mass is 15.3. The minimum atomic E-state index is 0.383. The number of H-pyrrole nitrogens is 1. The molecule has 0 aliphatic heterocycles. The molecule has 1 unspecified atom stereocenters. The fraction of sp³-hybridized carbons (Fsp3) is 0.389. The fourth-order valence-corrected chi connectivity index (χ4v) is 2.71. The van der Waals surface area contributed by atoms with Gasteiger partial charge in [0.1, 0.15) is 12.0 Å². The Kier molecular flexibility index (Phi) is 4.55. The first-order valence-corrected chi connectivity index (χ1v) is 8.21. The van der Waals surface area contributed by atoms with Crippen molar-refractivity contribution in [3.63, 3.8) is 0 Å². The molecule has 0 amide bonds. The maximum Gasteiger partial charge on any atom is 0.141 e. The summed E-state index contributed by atoms with van der Waals surface area (Å²) in [4.78, 5) is 11.8. The molecule has 3 rings (SSSR count). The maximum absolute atomic E-state index is 4.58. The molecule has 0 spiro atoms. The van der Waals surface area contributed by atoms with Gasteiger partial charge in [-0.05, 0) is 32.3 Å². The Balaban J connectivity index is 1.89. The number of rotatable bonds is 6. The molecule has 0 aliphatic carbocycles. The van der Waals surface area contributed by atoms with Gasteiger partial charge in [-0.1, -0.05) is 25.5 Å². The first-order chi connectivity index (χ1) is 11.2. The molecule has 3 aromatic heterocycles. The number of aromatic amines is 1. The Labute approximate surface area is 136 Å². The van der Waals surface area contributed by atoms with Crippen molar-refractivity contribution in [3.05, 3.63) is 42.6 Å². The summed E-state index contributed by atoms with van der Waals surface area (Å²) >= 11 is 0. The third kappa shape index (κ3) is 3.18. The van der Waals surface area contributed by atoms with Gasteiger partial charge in [-0.15, -0.1) is 0 Å². The highest BCUT2D eigenvalue weighted by Gasteiger charge is 2.13. The molecule has 120 valence electrons. The highest BCUT2D eigenvalue weighted by molar-refractivity contribution is 5.89. The van der Waals surface area contributed by atoms with E-state index in [1.165, 1.54) is 5.57 Å². The average Bonchev–Trinajstić information content (AvgIpc) is 3.24. The molecule has 0 saturated carbocycles. The van der Waals surface area contributed by atoms with Gasteiger partial charge in [0.05, 0.1) is 17.9 Å². The van der Waals surface area contributed by atoms with Gasteiger partial charge < -0.3 is 4.98 Å². The van der Waals surface area contributed by atoms with Crippen LogP contribution in [0.4, 0.5) is 0 Å². The lowest BCUT2D eigenvalue weighted by atomic mass is 10.1. The van der Waals surface area contributed by atoms with E-state index in [1.807, 2.05) is 18.5 Å². The highest BCUT2D eigenvalue weighted by Crippen LogP contribution is 2.26. The first-order valence-electron chi connectivity index (χ1n) is 8.21. The van der Waals surface area contributed by atoms with Gasteiger partial charge in [0.25, 0.3) is 0 Å². The monoisotopic (exact) mass is 309 g/mol. The third-order valence-corrected chi connectivity index (χ3v) is 4.37. The average molecular weight is 309 g/mol. The van der Waals surface area contributed by atoms with Crippen LogP contribution in [0.15, 0.2) is 42.6 Å². The Bertz CT molecular complexity index is 812. The summed E-state index contributed by atoms with van der Waals surface area (Å²) in [6, 6.07) is 2.39. The van der Waals surface area contributed by atoms with Gasteiger partial charge in [-0.3, -0.25) is 4.68 Å². The molecular formula is C18H23N5. The van der Waals surface area contributed by atoms with Gasteiger partial charge in [-0.25, -0.2) is 9.97 Å². The standard InChI is InChI=1S/C18H23N5/c1-4-13(3)6-7-15(5-2)23-11-14(10-22-23)17-16-8-9-19-18(16)21-12-20-17/h6,8-12,15H,4-5,7H2,1-3H3,(H,19,20,21)/b13-6+. The second kappa shape index (κ2) is 6.77. The van der Waals surface area contributed by atoms with Crippen molar-refractivity contribution in [2.75, 3.05) is 0 Å². The van der Waals surface area contributed by atoms with E-state index in [9.17, 15) is 0 Å². The smallest absolute Gasteiger partial charge is 0.141 e. The summed E-state index contributed by atoms with van der Waals surface area (Å²) in [5, 5.41) is 5.60. The SMILES string of the molecule is CC/C(C)=C/CC(CC)n1cc(-c2ncnc3[nH]ccc23)cn1. The molecule has 0 fully saturated rings. The summed E-state index contributed by atoms with van der Waals surface area (Å²) in [6.45, 7) is 6.58. The lowest BCUT2D eigenvalue weighted by Gasteiger charge is -2.13. The number of hydrogen-bond donors (Lipinski definition) is 1. The second-order valence-corrected chi connectivity index (χ2v) is 5.87. The molecule has 1 N–H and O–H groups in total. The number of allylic oxidation sites excluding steroid dienone is 2. The summed E-state index contributed by atoms with van der Waals surface area (Å²) in [5.41, 5.74) is 4.25. The van der Waals surface area contributed by atoms with Crippen molar-refractivity contribution in [1.29, 1.82) is 0 Å². The lowest BCUT2D eigenvalue weighted by Crippen LogP contribution is -2.07. The number of nitrogens with one attached hydrogen (secondary N) is 1. The molecule has 3 aromatic rings. The van der Waals surface area contributed by atoms with Crippen LogP contribution in [0, 0.1) is 0 Å². The Hall–Kier alpha value is -2.43. The van der Waals surface area contributed by atoms with Crippen molar-refractivity contribution in [3.8, 4) is 11.3 Å². The summed E-state index contributed by atoms with van der Waals surface area (Å²) in [7, 11) is 0. The Morgan fingerprint density at radius 1 is 1.35 bits per heavy atom. The van der Waals surface area contributed by atoms with Crippen LogP contribution >= 0.6 is 0 Å². The molecule has 0 aliphatic rings. The quantitative estimate of drug-likeness (QED) is 0.681. The van der Waals surface area contributed by atoms with Crippen LogP contribution in [-0.4, -0.2) is 24.7 Å². The van der Waals surface area contributed by atoms with Crippen LogP contribution in [0.1, 0.15) is 46.1 Å². The van der Waals surface area contributed by atoms with E-state index in [0.29, 0.717) is 6.04 Å². The molecule has 3 heterocycles. The van der Waals surface area contributed by atoms with Gasteiger partial charge in [0.15, 0.2) is 0 Å². The van der Waals surface area contributed by atoms with E-state index in [0.717, 1.165) is 41.6 Å². The molecule has 0 bridgehead atoms. The van der Waals surface area contributed by atoms with E-state index in [4.69, 9.17) is 0 Å². The van der Waals surface area contributed by atoms with Crippen molar-refractivity contribution >= 4 is 11.0 Å². The summed E-state index contributed by atoms with van der Waals surface area (Å²) in [6.07, 6.45) is 13.0. The Morgan fingerprint density at radius 2 is 2.22 bits per heavy atom. The number of hydrogen-bond acceptors (Lipinski definition) is 3. The van der Waals surface area contributed by atoms with E-state index < -0.39 is 0 Å². The summed E-state index contributed by atoms with van der Waals surface area (Å²) in [5.74, 6) is 0. The van der Waals surface area contributed by atoms with E-state index in [2.05, 4.69) is 57.8 Å². The number of fused-ring (bicyclic) bond motifs is 1. The van der Waals surface area contributed by atoms with Gasteiger partial charge in [0.2, 0.25) is 0 Å². The zero-order valence-corrected chi connectivity index (χ0v) is 14.0. The predicted molar refractivity (Wildman–Crippen MR) is 93.1 cm³/mol. The predicted octanol–water partition coefficient (Wildman–Crippen LogP) is 4.52. The van der Waals surface area contributed by atoms with Crippen LogP contribution in [0.5, 0.6) is 0 Å². The molecule has 5 heteroatoms. The molecule has 5 nitrogen and oxygen atoms in total. The van der Waals surface area contributed by atoms with Crippen LogP contribution < -0.4 is 0 Å². The van der Waals surface area contributed by atoms with Gasteiger partial charge in [-0.2, -0.15) is 5.10 Å². The zero-order valence-electron chi connectivity index (χ0n) is 14.0. The molecule has 0 saturated heterocycles. The molecular weight excluding hydrogens is 286 g/mol. The minimum Gasteiger partial charge on any atom is -0.346 e. The molecule has 1 atom stereocenters. The minimum absolute atomic E-state index is 0.383. The first kappa shape index (κ1) is 15.5. The topological polar surface area (TPSA) is 59.4 Å². The van der Waals surface area contributed by atoms with Crippen LogP contribution in [0.2, 0.25) is 0 Å². The van der Waals surface area contributed by atoms with Gasteiger partial charge >= 0.3 is 0 Å². The lowest BCUT2D eigenvalue weighted by molar-refractivity contribution is 0.444. The van der Waals surface area contributed by atoms with Crippen molar-refractivity contribution in [2.24, 2.45) is 0 Å². The van der Waals surface area contributed by atoms with Crippen molar-refractivity contribution < 1.29 is 0 Å². The maximum atomic E-state index is 4.58. The van der Waals surface area contributed by atoms with Crippen LogP contribution in [0.3, 0.4) is 0 Å². The van der Waals surface area contributed by atoms with E-state index >= 15 is 0 Å². The molecule has 23 heavy (non-hydrogen) atoms. The third-order valence-electron chi connectivity index (χ3n) is 4.37. The van der Waals surface area contributed by atoms with E-state index in [-0.39, 0.29) is 0 Å². The Morgan fingerprint density at radius 3 is 3.00 bits per heavy atom. The normalized spacial score (nSPS) is 13.6. The fourth-order valence-electron chi connectivity index (χ4n) is 2.71. The number of nitrogens with zero attached hydrogens (tertiary/aromatic N) is 4.